The van der Waals surface area contributed by atoms with Crippen LogP contribution in [-0.4, -0.2) is 23.6 Å². The van der Waals surface area contributed by atoms with Gasteiger partial charge in [-0.15, -0.1) is 0 Å². The normalized spacial score (nSPS) is 22.8. The highest BCUT2D eigenvalue weighted by Crippen LogP contribution is 2.31. The number of pyridine rings is 1. The third kappa shape index (κ3) is 2.80. The Labute approximate surface area is 120 Å². The largest absolute Gasteiger partial charge is 0.351 e. The Morgan fingerprint density at radius 1 is 1.40 bits per heavy atom. The van der Waals surface area contributed by atoms with Crippen LogP contribution in [0.4, 0.5) is 10.2 Å². The summed E-state index contributed by atoms with van der Waals surface area (Å²) in [6.45, 7) is 5.96. The highest BCUT2D eigenvalue weighted by atomic mass is 19.1. The SMILES string of the molecule is CC(C)C1CCCN1c1nccc(CNC2CC2)c1F. The van der Waals surface area contributed by atoms with E-state index in [2.05, 4.69) is 29.0 Å². The van der Waals surface area contributed by atoms with E-state index < -0.39 is 0 Å². The molecule has 110 valence electrons. The van der Waals surface area contributed by atoms with Crippen LogP contribution in [0.15, 0.2) is 12.3 Å². The first-order valence-electron chi connectivity index (χ1n) is 7.80. The summed E-state index contributed by atoms with van der Waals surface area (Å²) in [5.41, 5.74) is 0.747. The zero-order valence-corrected chi connectivity index (χ0v) is 12.4. The minimum absolute atomic E-state index is 0.131. The number of aromatic nitrogens is 1. The molecule has 2 fully saturated rings. The van der Waals surface area contributed by atoms with Crippen molar-refractivity contribution >= 4 is 5.82 Å². The summed E-state index contributed by atoms with van der Waals surface area (Å²) in [5, 5.41) is 3.38. The molecule has 3 nitrogen and oxygen atoms in total. The summed E-state index contributed by atoms with van der Waals surface area (Å²) in [6, 6.07) is 2.82. The summed E-state index contributed by atoms with van der Waals surface area (Å²) in [5.74, 6) is 0.955. The van der Waals surface area contributed by atoms with Crippen molar-refractivity contribution in [3.05, 3.63) is 23.6 Å². The molecule has 1 N–H and O–H groups in total. The molecule has 1 aromatic heterocycles. The number of rotatable bonds is 5. The zero-order chi connectivity index (χ0) is 14.1. The summed E-state index contributed by atoms with van der Waals surface area (Å²) >= 11 is 0. The molecule has 0 amide bonds. The molecule has 1 atom stereocenters. The lowest BCUT2D eigenvalue weighted by atomic mass is 10.0. The molecule has 1 aromatic rings. The van der Waals surface area contributed by atoms with Gasteiger partial charge in [-0.1, -0.05) is 13.8 Å². The Morgan fingerprint density at radius 2 is 2.20 bits per heavy atom. The zero-order valence-electron chi connectivity index (χ0n) is 12.4. The number of nitrogens with one attached hydrogen (secondary N) is 1. The van der Waals surface area contributed by atoms with Crippen molar-refractivity contribution < 1.29 is 4.39 Å². The molecule has 20 heavy (non-hydrogen) atoms. The van der Waals surface area contributed by atoms with E-state index in [9.17, 15) is 4.39 Å². The lowest BCUT2D eigenvalue weighted by Crippen LogP contribution is -2.35. The Kier molecular flexibility index (Phi) is 3.92. The minimum Gasteiger partial charge on any atom is -0.351 e. The molecule has 0 bridgehead atoms. The van der Waals surface area contributed by atoms with Crippen molar-refractivity contribution in [1.82, 2.24) is 10.3 Å². The van der Waals surface area contributed by atoms with Gasteiger partial charge in [-0.3, -0.25) is 0 Å². The van der Waals surface area contributed by atoms with Gasteiger partial charge >= 0.3 is 0 Å². The van der Waals surface area contributed by atoms with E-state index in [4.69, 9.17) is 0 Å². The van der Waals surface area contributed by atoms with Crippen LogP contribution in [0.2, 0.25) is 0 Å². The van der Waals surface area contributed by atoms with Gasteiger partial charge < -0.3 is 10.2 Å². The number of halogens is 1. The fourth-order valence-electron chi connectivity index (χ4n) is 3.10. The van der Waals surface area contributed by atoms with Crippen molar-refractivity contribution in [2.24, 2.45) is 5.92 Å². The second-order valence-electron chi connectivity index (χ2n) is 6.41. The van der Waals surface area contributed by atoms with Crippen molar-refractivity contribution in [3.63, 3.8) is 0 Å². The lowest BCUT2D eigenvalue weighted by Gasteiger charge is -2.29. The van der Waals surface area contributed by atoms with Crippen LogP contribution in [-0.2, 0) is 6.54 Å². The number of anilines is 1. The van der Waals surface area contributed by atoms with Crippen LogP contribution >= 0.6 is 0 Å². The maximum atomic E-state index is 14.7. The molecule has 1 saturated carbocycles. The first-order chi connectivity index (χ1) is 9.66. The quantitative estimate of drug-likeness (QED) is 0.896. The average Bonchev–Trinajstić information content (AvgIpc) is 3.12. The smallest absolute Gasteiger partial charge is 0.170 e. The predicted molar refractivity (Wildman–Crippen MR) is 79.3 cm³/mol. The molecular weight excluding hydrogens is 253 g/mol. The summed E-state index contributed by atoms with van der Waals surface area (Å²) in [6.07, 6.45) is 6.47. The van der Waals surface area contributed by atoms with E-state index in [0.717, 1.165) is 24.9 Å². The third-order valence-electron chi connectivity index (χ3n) is 4.45. The molecule has 1 aliphatic heterocycles. The molecule has 2 heterocycles. The monoisotopic (exact) mass is 277 g/mol. The second-order valence-corrected chi connectivity index (χ2v) is 6.41. The Hall–Kier alpha value is -1.16. The van der Waals surface area contributed by atoms with Gasteiger partial charge in [-0.25, -0.2) is 9.37 Å². The molecule has 4 heteroatoms. The first-order valence-corrected chi connectivity index (χ1v) is 7.80. The molecule has 1 saturated heterocycles. The Morgan fingerprint density at radius 3 is 2.90 bits per heavy atom. The van der Waals surface area contributed by atoms with Crippen LogP contribution in [0.5, 0.6) is 0 Å². The number of nitrogens with zero attached hydrogens (tertiary/aromatic N) is 2. The second kappa shape index (κ2) is 5.68. The highest BCUT2D eigenvalue weighted by Gasteiger charge is 2.30. The maximum Gasteiger partial charge on any atom is 0.170 e. The van der Waals surface area contributed by atoms with Gasteiger partial charge in [0, 0.05) is 36.9 Å². The van der Waals surface area contributed by atoms with Gasteiger partial charge in [0.2, 0.25) is 0 Å². The van der Waals surface area contributed by atoms with Gasteiger partial charge in [0.25, 0.3) is 0 Å². The van der Waals surface area contributed by atoms with E-state index in [1.165, 1.54) is 12.8 Å². The fraction of sp³-hybridized carbons (Fsp3) is 0.688. The standard InChI is InChI=1S/C16H24FN3/c1-11(2)14-4-3-9-20(14)16-15(17)12(7-8-18-16)10-19-13-5-6-13/h7-8,11,13-14,19H,3-6,9-10H2,1-2H3. The maximum absolute atomic E-state index is 14.7. The molecule has 1 aliphatic carbocycles. The van der Waals surface area contributed by atoms with Gasteiger partial charge in [0.15, 0.2) is 11.6 Å². The van der Waals surface area contributed by atoms with Crippen LogP contribution in [0, 0.1) is 11.7 Å². The van der Waals surface area contributed by atoms with Crippen molar-refractivity contribution in [1.29, 1.82) is 0 Å². The molecule has 0 spiro atoms. The van der Waals surface area contributed by atoms with Crippen LogP contribution in [0.1, 0.15) is 45.1 Å². The van der Waals surface area contributed by atoms with E-state index in [-0.39, 0.29) is 5.82 Å². The fourth-order valence-corrected chi connectivity index (χ4v) is 3.10. The van der Waals surface area contributed by atoms with Crippen LogP contribution in [0.25, 0.3) is 0 Å². The van der Waals surface area contributed by atoms with Crippen molar-refractivity contribution in [2.45, 2.75) is 58.2 Å². The number of hydrogen-bond acceptors (Lipinski definition) is 3. The third-order valence-corrected chi connectivity index (χ3v) is 4.45. The van der Waals surface area contributed by atoms with Crippen LogP contribution < -0.4 is 10.2 Å². The van der Waals surface area contributed by atoms with E-state index in [0.29, 0.717) is 30.4 Å². The summed E-state index contributed by atoms with van der Waals surface area (Å²) in [7, 11) is 0. The molecule has 2 aliphatic rings. The van der Waals surface area contributed by atoms with E-state index in [1.54, 1.807) is 12.3 Å². The minimum atomic E-state index is -0.131. The Bertz CT molecular complexity index is 471. The Balaban J connectivity index is 1.79. The van der Waals surface area contributed by atoms with Gasteiger partial charge in [-0.05, 0) is 37.7 Å². The number of hydrogen-bond donors (Lipinski definition) is 1. The first kappa shape index (κ1) is 13.8. The molecular formula is C16H24FN3. The van der Waals surface area contributed by atoms with Crippen LogP contribution in [0.3, 0.4) is 0 Å². The predicted octanol–water partition coefficient (Wildman–Crippen LogP) is 3.10. The van der Waals surface area contributed by atoms with Crippen molar-refractivity contribution in [2.75, 3.05) is 11.4 Å². The summed E-state index contributed by atoms with van der Waals surface area (Å²) in [4.78, 5) is 6.49. The topological polar surface area (TPSA) is 28.2 Å². The molecule has 1 unspecified atom stereocenters. The molecule has 3 rings (SSSR count). The van der Waals surface area contributed by atoms with Gasteiger partial charge in [0.05, 0.1) is 0 Å². The molecule has 0 radical (unpaired) electrons. The summed E-state index contributed by atoms with van der Waals surface area (Å²) < 4.78 is 14.7. The van der Waals surface area contributed by atoms with Gasteiger partial charge in [-0.2, -0.15) is 0 Å². The average molecular weight is 277 g/mol. The van der Waals surface area contributed by atoms with Crippen molar-refractivity contribution in [3.8, 4) is 0 Å². The van der Waals surface area contributed by atoms with Gasteiger partial charge in [0.1, 0.15) is 0 Å². The lowest BCUT2D eigenvalue weighted by molar-refractivity contribution is 0.480. The molecule has 0 aromatic carbocycles. The van der Waals surface area contributed by atoms with E-state index >= 15 is 0 Å². The highest BCUT2D eigenvalue weighted by molar-refractivity contribution is 5.45. The van der Waals surface area contributed by atoms with E-state index in [1.807, 2.05) is 0 Å².